The molecule has 1 N–H and O–H groups in total. The molecule has 0 bridgehead atoms. The molecule has 2 unspecified atom stereocenters. The highest BCUT2D eigenvalue weighted by Crippen LogP contribution is 2.26. The quantitative estimate of drug-likeness (QED) is 0.909. The number of amides is 2. The van der Waals surface area contributed by atoms with Crippen LogP contribution in [0.5, 0.6) is 0 Å². The maximum atomic E-state index is 12.2. The number of hydrogen-bond donors (Lipinski definition) is 1. The highest BCUT2D eigenvalue weighted by Gasteiger charge is 2.35. The van der Waals surface area contributed by atoms with Crippen LogP contribution in [0, 0.1) is 5.92 Å². The summed E-state index contributed by atoms with van der Waals surface area (Å²) in [6.07, 6.45) is 2.25. The Morgan fingerprint density at radius 1 is 1.43 bits per heavy atom. The van der Waals surface area contributed by atoms with Crippen LogP contribution in [0.3, 0.4) is 0 Å². The Bertz CT molecular complexity index is 516. The van der Waals surface area contributed by atoms with E-state index in [0.717, 1.165) is 18.5 Å². The highest BCUT2D eigenvalue weighted by molar-refractivity contribution is 6.30. The second kappa shape index (κ2) is 6.94. The van der Waals surface area contributed by atoms with Gasteiger partial charge < -0.3 is 10.2 Å². The van der Waals surface area contributed by atoms with Crippen molar-refractivity contribution < 1.29 is 9.59 Å². The van der Waals surface area contributed by atoms with Crippen molar-refractivity contribution in [2.75, 3.05) is 11.4 Å². The molecule has 1 aromatic rings. The summed E-state index contributed by atoms with van der Waals surface area (Å²) >= 11 is 5.85. The predicted molar refractivity (Wildman–Crippen MR) is 84.4 cm³/mol. The molecule has 1 aliphatic rings. The van der Waals surface area contributed by atoms with Gasteiger partial charge in [0.25, 0.3) is 0 Å². The van der Waals surface area contributed by atoms with Gasteiger partial charge in [0.2, 0.25) is 11.8 Å². The van der Waals surface area contributed by atoms with E-state index in [0.29, 0.717) is 11.6 Å². The fourth-order valence-corrected chi connectivity index (χ4v) is 2.75. The molecule has 1 aromatic carbocycles. The fraction of sp³-hybridized carbons (Fsp3) is 0.500. The highest BCUT2D eigenvalue weighted by atomic mass is 35.5. The van der Waals surface area contributed by atoms with Crippen LogP contribution in [-0.2, 0) is 9.59 Å². The normalized spacial score (nSPS) is 19.7. The van der Waals surface area contributed by atoms with Crippen molar-refractivity contribution in [2.24, 2.45) is 5.92 Å². The summed E-state index contributed by atoms with van der Waals surface area (Å²) in [7, 11) is 0. The van der Waals surface area contributed by atoms with Gasteiger partial charge in [0.05, 0.1) is 5.92 Å². The van der Waals surface area contributed by atoms with E-state index in [1.165, 1.54) is 0 Å². The second-order valence-corrected chi connectivity index (χ2v) is 6.02. The summed E-state index contributed by atoms with van der Waals surface area (Å²) in [4.78, 5) is 26.0. The van der Waals surface area contributed by atoms with Crippen LogP contribution in [-0.4, -0.2) is 24.4 Å². The molecule has 2 rings (SSSR count). The van der Waals surface area contributed by atoms with Crippen LogP contribution in [0.1, 0.15) is 33.1 Å². The van der Waals surface area contributed by atoms with E-state index in [-0.39, 0.29) is 30.2 Å². The van der Waals surface area contributed by atoms with E-state index in [9.17, 15) is 9.59 Å². The fourth-order valence-electron chi connectivity index (χ4n) is 2.62. The van der Waals surface area contributed by atoms with Crippen LogP contribution >= 0.6 is 11.6 Å². The van der Waals surface area contributed by atoms with E-state index in [4.69, 9.17) is 11.6 Å². The molecular weight excluding hydrogens is 288 g/mol. The van der Waals surface area contributed by atoms with Gasteiger partial charge >= 0.3 is 0 Å². The average Bonchev–Trinajstić information content (AvgIpc) is 2.82. The monoisotopic (exact) mass is 308 g/mol. The van der Waals surface area contributed by atoms with Crippen molar-refractivity contribution in [2.45, 2.75) is 39.2 Å². The lowest BCUT2D eigenvalue weighted by molar-refractivity contribution is -0.126. The second-order valence-electron chi connectivity index (χ2n) is 5.58. The van der Waals surface area contributed by atoms with Crippen molar-refractivity contribution >= 4 is 29.1 Å². The van der Waals surface area contributed by atoms with Crippen LogP contribution < -0.4 is 10.2 Å². The smallest absolute Gasteiger partial charge is 0.227 e. The zero-order chi connectivity index (χ0) is 15.4. The summed E-state index contributed by atoms with van der Waals surface area (Å²) in [5.41, 5.74) is 0.793. The minimum Gasteiger partial charge on any atom is -0.353 e. The minimum atomic E-state index is -0.271. The topological polar surface area (TPSA) is 49.4 Å². The number of halogens is 1. The molecule has 0 radical (unpaired) electrons. The first-order chi connectivity index (χ1) is 10.0. The molecule has 2 amide bonds. The summed E-state index contributed by atoms with van der Waals surface area (Å²) < 4.78 is 0. The number of hydrogen-bond acceptors (Lipinski definition) is 2. The third-order valence-electron chi connectivity index (χ3n) is 3.74. The van der Waals surface area contributed by atoms with E-state index < -0.39 is 0 Å². The van der Waals surface area contributed by atoms with Gasteiger partial charge in [0.15, 0.2) is 0 Å². The van der Waals surface area contributed by atoms with Gasteiger partial charge in [-0.15, -0.1) is 0 Å². The molecule has 0 aromatic heterocycles. The number of benzene rings is 1. The summed E-state index contributed by atoms with van der Waals surface area (Å²) in [6.45, 7) is 4.52. The van der Waals surface area contributed by atoms with Crippen molar-refractivity contribution in [1.29, 1.82) is 0 Å². The van der Waals surface area contributed by atoms with Gasteiger partial charge in [-0.25, -0.2) is 0 Å². The zero-order valence-corrected chi connectivity index (χ0v) is 13.2. The zero-order valence-electron chi connectivity index (χ0n) is 12.4. The average molecular weight is 309 g/mol. The van der Waals surface area contributed by atoms with Gasteiger partial charge in [-0.3, -0.25) is 9.59 Å². The van der Waals surface area contributed by atoms with Gasteiger partial charge in [-0.05, 0) is 37.6 Å². The third-order valence-corrected chi connectivity index (χ3v) is 4.00. The Labute approximate surface area is 130 Å². The van der Waals surface area contributed by atoms with Crippen molar-refractivity contribution in [3.63, 3.8) is 0 Å². The molecule has 1 aliphatic heterocycles. The molecule has 1 saturated heterocycles. The molecule has 4 nitrogen and oxygen atoms in total. The first-order valence-electron chi connectivity index (χ1n) is 7.37. The maximum absolute atomic E-state index is 12.2. The Kier molecular flexibility index (Phi) is 5.23. The molecule has 0 saturated carbocycles. The molecule has 21 heavy (non-hydrogen) atoms. The molecule has 114 valence electrons. The van der Waals surface area contributed by atoms with Crippen molar-refractivity contribution in [1.82, 2.24) is 5.32 Å². The molecule has 1 fully saturated rings. The Hall–Kier alpha value is -1.55. The minimum absolute atomic E-state index is 0.0133. The Morgan fingerprint density at radius 2 is 2.10 bits per heavy atom. The largest absolute Gasteiger partial charge is 0.353 e. The van der Waals surface area contributed by atoms with Gasteiger partial charge in [-0.2, -0.15) is 0 Å². The lowest BCUT2D eigenvalue weighted by Gasteiger charge is -2.18. The van der Waals surface area contributed by atoms with Crippen LogP contribution in [0.25, 0.3) is 0 Å². The Morgan fingerprint density at radius 3 is 2.71 bits per heavy atom. The number of nitrogens with one attached hydrogen (secondary N) is 1. The van der Waals surface area contributed by atoms with Crippen LogP contribution in [0.4, 0.5) is 5.69 Å². The lowest BCUT2D eigenvalue weighted by Crippen LogP contribution is -2.38. The number of carbonyl (C=O) groups is 2. The predicted octanol–water partition coefficient (Wildman–Crippen LogP) is 3.00. The van der Waals surface area contributed by atoms with E-state index in [1.807, 2.05) is 6.92 Å². The van der Waals surface area contributed by atoms with E-state index in [1.54, 1.807) is 29.2 Å². The van der Waals surface area contributed by atoms with Crippen LogP contribution in [0.2, 0.25) is 5.02 Å². The van der Waals surface area contributed by atoms with Gasteiger partial charge in [-0.1, -0.05) is 24.9 Å². The molecule has 0 spiro atoms. The Balaban J connectivity index is 1.99. The number of carbonyl (C=O) groups excluding carboxylic acids is 2. The molecule has 1 heterocycles. The molecule has 2 atom stereocenters. The summed E-state index contributed by atoms with van der Waals surface area (Å²) in [6, 6.07) is 7.27. The molecule has 5 heteroatoms. The first kappa shape index (κ1) is 15.8. The van der Waals surface area contributed by atoms with Crippen LogP contribution in [0.15, 0.2) is 24.3 Å². The SMILES string of the molecule is CCCC(C)NC(=O)C1CC(=O)N(c2ccc(Cl)cc2)C1. The number of rotatable bonds is 5. The van der Waals surface area contributed by atoms with Crippen molar-refractivity contribution in [3.05, 3.63) is 29.3 Å². The number of anilines is 1. The summed E-state index contributed by atoms with van der Waals surface area (Å²) in [5, 5.41) is 3.62. The third kappa shape index (κ3) is 3.97. The first-order valence-corrected chi connectivity index (χ1v) is 7.75. The summed E-state index contributed by atoms with van der Waals surface area (Å²) in [5.74, 6) is -0.311. The lowest BCUT2D eigenvalue weighted by atomic mass is 10.1. The van der Waals surface area contributed by atoms with Gasteiger partial charge in [0.1, 0.15) is 0 Å². The van der Waals surface area contributed by atoms with E-state index in [2.05, 4.69) is 12.2 Å². The maximum Gasteiger partial charge on any atom is 0.227 e. The molecular formula is C16H21ClN2O2. The van der Waals surface area contributed by atoms with Crippen molar-refractivity contribution in [3.8, 4) is 0 Å². The standard InChI is InChI=1S/C16H21ClN2O2/c1-3-4-11(2)18-16(21)12-9-15(20)19(10-12)14-7-5-13(17)6-8-14/h5-8,11-12H,3-4,9-10H2,1-2H3,(H,18,21). The van der Waals surface area contributed by atoms with Gasteiger partial charge in [0, 0.05) is 29.7 Å². The number of nitrogens with zero attached hydrogens (tertiary/aromatic N) is 1. The molecule has 0 aliphatic carbocycles. The van der Waals surface area contributed by atoms with E-state index >= 15 is 0 Å².